The van der Waals surface area contributed by atoms with Gasteiger partial charge in [0.25, 0.3) is 0 Å². The molecule has 0 aliphatic heterocycles. The lowest BCUT2D eigenvalue weighted by atomic mass is 10.1. The third-order valence-corrected chi connectivity index (χ3v) is 3.22. The van der Waals surface area contributed by atoms with Gasteiger partial charge < -0.3 is 9.47 Å². The van der Waals surface area contributed by atoms with E-state index in [0.29, 0.717) is 22.6 Å². The van der Waals surface area contributed by atoms with E-state index < -0.39 is 0 Å². The molecule has 0 saturated carbocycles. The summed E-state index contributed by atoms with van der Waals surface area (Å²) in [4.78, 5) is 0. The van der Waals surface area contributed by atoms with E-state index in [1.54, 1.807) is 24.3 Å². The largest absolute Gasteiger partial charge is 0.497 e. The van der Waals surface area contributed by atoms with Crippen LogP contribution in [0.25, 0.3) is 0 Å². The fourth-order valence-corrected chi connectivity index (χ4v) is 2.16. The van der Waals surface area contributed by atoms with E-state index in [1.807, 2.05) is 13.8 Å². The quantitative estimate of drug-likeness (QED) is 0.855. The van der Waals surface area contributed by atoms with Crippen LogP contribution in [-0.2, 0) is 6.61 Å². The Balaban J connectivity index is 2.19. The monoisotopic (exact) mass is 285 g/mol. The normalized spacial score (nSPS) is 10.0. The van der Waals surface area contributed by atoms with Gasteiger partial charge in [0.15, 0.2) is 0 Å². The molecule has 0 atom stereocenters. The molecule has 0 saturated heterocycles. The van der Waals surface area contributed by atoms with Crippen molar-refractivity contribution in [3.63, 3.8) is 0 Å². The van der Waals surface area contributed by atoms with E-state index in [2.05, 4.69) is 6.07 Å². The number of nitrogens with zero attached hydrogens (tertiary/aromatic N) is 1. The molecule has 21 heavy (non-hydrogen) atoms. The summed E-state index contributed by atoms with van der Waals surface area (Å²) in [5, 5.41) is 8.92. The second-order valence-electron chi connectivity index (χ2n) is 4.80. The lowest BCUT2D eigenvalue weighted by Crippen LogP contribution is -2.02. The predicted molar refractivity (Wildman–Crippen MR) is 77.9 cm³/mol. The highest BCUT2D eigenvalue weighted by Gasteiger charge is 2.09. The topological polar surface area (TPSA) is 42.2 Å². The zero-order valence-corrected chi connectivity index (χ0v) is 12.2. The average molecular weight is 285 g/mol. The van der Waals surface area contributed by atoms with Gasteiger partial charge in [0.05, 0.1) is 18.7 Å². The standard InChI is InChI=1S/C17H16FNO2/c1-11-6-13(9-19)7-12(2)17(11)21-10-14-4-5-15(20-3)8-16(14)18/h4-8H,10H2,1-3H3. The van der Waals surface area contributed by atoms with Crippen molar-refractivity contribution in [1.29, 1.82) is 5.26 Å². The fraction of sp³-hybridized carbons (Fsp3) is 0.235. The van der Waals surface area contributed by atoms with Gasteiger partial charge in [-0.1, -0.05) is 0 Å². The number of halogens is 1. The van der Waals surface area contributed by atoms with Crippen LogP contribution in [0.2, 0.25) is 0 Å². The Bertz CT molecular complexity index is 681. The Kier molecular flexibility index (Phi) is 4.44. The maximum absolute atomic E-state index is 13.9. The van der Waals surface area contributed by atoms with Gasteiger partial charge in [0, 0.05) is 11.6 Å². The van der Waals surface area contributed by atoms with Gasteiger partial charge in [-0.2, -0.15) is 5.26 Å². The molecule has 108 valence electrons. The van der Waals surface area contributed by atoms with Crippen LogP contribution in [0.4, 0.5) is 4.39 Å². The summed E-state index contributed by atoms with van der Waals surface area (Å²) >= 11 is 0. The van der Waals surface area contributed by atoms with E-state index >= 15 is 0 Å². The summed E-state index contributed by atoms with van der Waals surface area (Å²) in [6.45, 7) is 3.87. The molecule has 0 amide bonds. The molecular weight excluding hydrogens is 269 g/mol. The van der Waals surface area contributed by atoms with Crippen LogP contribution in [0, 0.1) is 31.0 Å². The first-order valence-corrected chi connectivity index (χ1v) is 6.51. The SMILES string of the molecule is COc1ccc(COc2c(C)cc(C#N)cc2C)c(F)c1. The third-order valence-electron chi connectivity index (χ3n) is 3.22. The zero-order chi connectivity index (χ0) is 15.4. The van der Waals surface area contributed by atoms with Crippen molar-refractivity contribution < 1.29 is 13.9 Å². The smallest absolute Gasteiger partial charge is 0.133 e. The number of ether oxygens (including phenoxy) is 2. The molecular formula is C17H16FNO2. The number of benzene rings is 2. The first kappa shape index (κ1) is 14.9. The van der Waals surface area contributed by atoms with Gasteiger partial charge in [-0.3, -0.25) is 0 Å². The minimum Gasteiger partial charge on any atom is -0.497 e. The van der Waals surface area contributed by atoms with Crippen molar-refractivity contribution in [2.24, 2.45) is 0 Å². The van der Waals surface area contributed by atoms with Crippen LogP contribution in [0.1, 0.15) is 22.3 Å². The molecule has 0 unspecified atom stereocenters. The van der Waals surface area contributed by atoms with Crippen LogP contribution in [0.15, 0.2) is 30.3 Å². The van der Waals surface area contributed by atoms with Crippen molar-refractivity contribution >= 4 is 0 Å². The molecule has 2 aromatic rings. The van der Waals surface area contributed by atoms with Crippen LogP contribution >= 0.6 is 0 Å². The molecule has 4 heteroatoms. The van der Waals surface area contributed by atoms with Crippen LogP contribution in [-0.4, -0.2) is 7.11 Å². The Hall–Kier alpha value is -2.54. The highest BCUT2D eigenvalue weighted by atomic mass is 19.1. The molecule has 0 bridgehead atoms. The summed E-state index contributed by atoms with van der Waals surface area (Å²) in [5.41, 5.74) is 2.77. The summed E-state index contributed by atoms with van der Waals surface area (Å²) < 4.78 is 24.5. The van der Waals surface area contributed by atoms with E-state index in [1.165, 1.54) is 13.2 Å². The number of hydrogen-bond donors (Lipinski definition) is 0. The van der Waals surface area contributed by atoms with Crippen LogP contribution < -0.4 is 9.47 Å². The Morgan fingerprint density at radius 1 is 1.14 bits per heavy atom. The third kappa shape index (κ3) is 3.32. The van der Waals surface area contributed by atoms with Crippen molar-refractivity contribution in [2.75, 3.05) is 7.11 Å². The lowest BCUT2D eigenvalue weighted by molar-refractivity contribution is 0.295. The fourth-order valence-electron chi connectivity index (χ4n) is 2.16. The number of hydrogen-bond acceptors (Lipinski definition) is 3. The lowest BCUT2D eigenvalue weighted by Gasteiger charge is -2.13. The van der Waals surface area contributed by atoms with Gasteiger partial charge in [0.2, 0.25) is 0 Å². The summed E-state index contributed by atoms with van der Waals surface area (Å²) in [6.07, 6.45) is 0. The Morgan fingerprint density at radius 2 is 1.81 bits per heavy atom. The van der Waals surface area contributed by atoms with Crippen molar-refractivity contribution in [3.05, 3.63) is 58.4 Å². The highest BCUT2D eigenvalue weighted by molar-refractivity contribution is 5.47. The first-order valence-electron chi connectivity index (χ1n) is 6.51. The Morgan fingerprint density at radius 3 is 2.33 bits per heavy atom. The van der Waals surface area contributed by atoms with Crippen LogP contribution in [0.5, 0.6) is 11.5 Å². The minimum atomic E-state index is -0.363. The van der Waals surface area contributed by atoms with Gasteiger partial charge in [-0.15, -0.1) is 0 Å². The number of methoxy groups -OCH3 is 1. The molecule has 0 aliphatic carbocycles. The molecule has 2 aromatic carbocycles. The molecule has 3 nitrogen and oxygen atoms in total. The summed E-state index contributed by atoms with van der Waals surface area (Å²) in [7, 11) is 1.49. The molecule has 0 heterocycles. The van der Waals surface area contributed by atoms with Crippen molar-refractivity contribution in [1.82, 2.24) is 0 Å². The molecule has 0 fully saturated rings. The molecule has 2 rings (SSSR count). The summed E-state index contributed by atoms with van der Waals surface area (Å²) in [6, 6.07) is 10.3. The van der Waals surface area contributed by atoms with E-state index in [0.717, 1.165) is 11.1 Å². The number of rotatable bonds is 4. The first-order chi connectivity index (χ1) is 10.0. The molecule has 0 N–H and O–H groups in total. The summed E-state index contributed by atoms with van der Waals surface area (Å²) in [5.74, 6) is 0.796. The van der Waals surface area contributed by atoms with Gasteiger partial charge in [0.1, 0.15) is 23.9 Å². The van der Waals surface area contributed by atoms with Gasteiger partial charge in [-0.05, 0) is 49.2 Å². The average Bonchev–Trinajstić information content (AvgIpc) is 2.47. The Labute approximate surface area is 123 Å². The number of nitriles is 1. The highest BCUT2D eigenvalue weighted by Crippen LogP contribution is 2.26. The zero-order valence-electron chi connectivity index (χ0n) is 12.2. The maximum atomic E-state index is 13.9. The molecule has 0 aliphatic rings. The van der Waals surface area contributed by atoms with Gasteiger partial charge >= 0.3 is 0 Å². The number of aryl methyl sites for hydroxylation is 2. The van der Waals surface area contributed by atoms with Crippen molar-refractivity contribution in [2.45, 2.75) is 20.5 Å². The maximum Gasteiger partial charge on any atom is 0.133 e. The second-order valence-corrected chi connectivity index (χ2v) is 4.80. The molecule has 0 radical (unpaired) electrons. The van der Waals surface area contributed by atoms with E-state index in [4.69, 9.17) is 14.7 Å². The van der Waals surface area contributed by atoms with Gasteiger partial charge in [-0.25, -0.2) is 4.39 Å². The van der Waals surface area contributed by atoms with Crippen LogP contribution in [0.3, 0.4) is 0 Å². The van der Waals surface area contributed by atoms with E-state index in [-0.39, 0.29) is 12.4 Å². The molecule has 0 spiro atoms. The van der Waals surface area contributed by atoms with Crippen molar-refractivity contribution in [3.8, 4) is 17.6 Å². The predicted octanol–water partition coefficient (Wildman–Crippen LogP) is 3.90. The van der Waals surface area contributed by atoms with E-state index in [9.17, 15) is 4.39 Å². The minimum absolute atomic E-state index is 0.128. The molecule has 0 aromatic heterocycles. The second kappa shape index (κ2) is 6.27.